The first-order chi connectivity index (χ1) is 7.78. The number of ether oxygens (including phenoxy) is 1. The number of hydrogen-bond donors (Lipinski definition) is 1. The van der Waals surface area contributed by atoms with Gasteiger partial charge in [-0.2, -0.15) is 0 Å². The van der Waals surface area contributed by atoms with E-state index in [1.807, 2.05) is 20.8 Å². The third kappa shape index (κ3) is 5.35. The smallest absolute Gasteiger partial charge is 0.410 e. The lowest BCUT2D eigenvalue weighted by atomic mass is 9.94. The number of likely N-dealkylation sites (tertiary alicyclic amines) is 1. The van der Waals surface area contributed by atoms with Gasteiger partial charge in [-0.15, -0.1) is 0 Å². The summed E-state index contributed by atoms with van der Waals surface area (Å²) >= 11 is 4.90. The molecule has 0 aromatic carbocycles. The zero-order chi connectivity index (χ0) is 13.1. The number of nitrogens with zero attached hydrogens (tertiary/aromatic N) is 1. The SMILES string of the molecule is CC(C)(C)OC(=O)N1CCC(CC(N)=S)CC1. The molecule has 0 radical (unpaired) electrons. The zero-order valence-electron chi connectivity index (χ0n) is 10.9. The molecule has 0 atom stereocenters. The molecule has 1 heterocycles. The molecule has 0 unspecified atom stereocenters. The van der Waals surface area contributed by atoms with Crippen LogP contribution in [0.15, 0.2) is 0 Å². The maximum Gasteiger partial charge on any atom is 0.410 e. The average molecular weight is 258 g/mol. The molecule has 1 fully saturated rings. The van der Waals surface area contributed by atoms with E-state index in [2.05, 4.69) is 0 Å². The molecule has 1 amide bonds. The van der Waals surface area contributed by atoms with Crippen molar-refractivity contribution in [3.05, 3.63) is 0 Å². The molecule has 0 spiro atoms. The quantitative estimate of drug-likeness (QED) is 0.772. The van der Waals surface area contributed by atoms with Crippen LogP contribution in [0.25, 0.3) is 0 Å². The Labute approximate surface area is 108 Å². The first kappa shape index (κ1) is 14.2. The van der Waals surface area contributed by atoms with Gasteiger partial charge in [0, 0.05) is 19.5 Å². The van der Waals surface area contributed by atoms with Crippen LogP contribution in [0.5, 0.6) is 0 Å². The van der Waals surface area contributed by atoms with E-state index >= 15 is 0 Å². The molecule has 98 valence electrons. The summed E-state index contributed by atoms with van der Waals surface area (Å²) in [5, 5.41) is 0. The fraction of sp³-hybridized carbons (Fsp3) is 0.833. The average Bonchev–Trinajstić information content (AvgIpc) is 2.15. The highest BCUT2D eigenvalue weighted by molar-refractivity contribution is 7.80. The van der Waals surface area contributed by atoms with Crippen LogP contribution in [-0.2, 0) is 4.74 Å². The molecule has 0 bridgehead atoms. The van der Waals surface area contributed by atoms with Crippen molar-refractivity contribution in [1.82, 2.24) is 4.90 Å². The second-order valence-electron chi connectivity index (χ2n) is 5.58. The van der Waals surface area contributed by atoms with Gasteiger partial charge in [0.2, 0.25) is 0 Å². The molecular formula is C12H22N2O2S. The molecule has 5 heteroatoms. The Hall–Kier alpha value is -0.840. The summed E-state index contributed by atoms with van der Waals surface area (Å²) in [5.74, 6) is 0.520. The first-order valence-electron chi connectivity index (χ1n) is 6.04. The monoisotopic (exact) mass is 258 g/mol. The van der Waals surface area contributed by atoms with Crippen molar-refractivity contribution in [2.24, 2.45) is 11.7 Å². The molecule has 1 saturated heterocycles. The molecule has 17 heavy (non-hydrogen) atoms. The summed E-state index contributed by atoms with van der Waals surface area (Å²) in [6.45, 7) is 7.11. The summed E-state index contributed by atoms with van der Waals surface area (Å²) in [6.07, 6.45) is 2.48. The third-order valence-corrected chi connectivity index (χ3v) is 2.92. The Morgan fingerprint density at radius 1 is 1.41 bits per heavy atom. The van der Waals surface area contributed by atoms with Crippen molar-refractivity contribution in [3.63, 3.8) is 0 Å². The second kappa shape index (κ2) is 5.67. The number of carbonyl (C=O) groups is 1. The van der Waals surface area contributed by atoms with E-state index in [9.17, 15) is 4.79 Å². The van der Waals surface area contributed by atoms with Crippen LogP contribution in [0.2, 0.25) is 0 Å². The first-order valence-corrected chi connectivity index (χ1v) is 6.45. The van der Waals surface area contributed by atoms with Gasteiger partial charge in [0.25, 0.3) is 0 Å². The topological polar surface area (TPSA) is 55.6 Å². The number of rotatable bonds is 2. The van der Waals surface area contributed by atoms with E-state index < -0.39 is 5.60 Å². The summed E-state index contributed by atoms with van der Waals surface area (Å²) in [6, 6.07) is 0. The lowest BCUT2D eigenvalue weighted by Crippen LogP contribution is -2.42. The summed E-state index contributed by atoms with van der Waals surface area (Å²) in [7, 11) is 0. The van der Waals surface area contributed by atoms with Gasteiger partial charge in [0.05, 0.1) is 4.99 Å². The Kier molecular flexibility index (Phi) is 4.74. The predicted octanol–water partition coefficient (Wildman–Crippen LogP) is 2.31. The van der Waals surface area contributed by atoms with Crippen molar-refractivity contribution in [2.75, 3.05) is 13.1 Å². The number of thiocarbonyl (C=S) groups is 1. The highest BCUT2D eigenvalue weighted by atomic mass is 32.1. The number of hydrogen-bond acceptors (Lipinski definition) is 3. The molecule has 0 aliphatic carbocycles. The van der Waals surface area contributed by atoms with E-state index in [4.69, 9.17) is 22.7 Å². The normalized spacial score (nSPS) is 17.9. The van der Waals surface area contributed by atoms with E-state index in [1.165, 1.54) is 0 Å². The highest BCUT2D eigenvalue weighted by Crippen LogP contribution is 2.22. The molecule has 2 N–H and O–H groups in total. The van der Waals surface area contributed by atoms with Gasteiger partial charge in [-0.25, -0.2) is 4.79 Å². The van der Waals surface area contributed by atoms with Crippen LogP contribution in [0.3, 0.4) is 0 Å². The van der Waals surface area contributed by atoms with Crippen LogP contribution in [-0.4, -0.2) is 34.7 Å². The van der Waals surface area contributed by atoms with Crippen molar-refractivity contribution in [2.45, 2.75) is 45.6 Å². The summed E-state index contributed by atoms with van der Waals surface area (Å²) in [5.41, 5.74) is 5.10. The summed E-state index contributed by atoms with van der Waals surface area (Å²) < 4.78 is 5.33. The fourth-order valence-corrected chi connectivity index (χ4v) is 2.17. The van der Waals surface area contributed by atoms with Crippen LogP contribution in [0, 0.1) is 5.92 Å². The van der Waals surface area contributed by atoms with Crippen LogP contribution >= 0.6 is 12.2 Å². The maximum absolute atomic E-state index is 11.8. The Morgan fingerprint density at radius 3 is 2.35 bits per heavy atom. The van der Waals surface area contributed by atoms with E-state index in [0.29, 0.717) is 10.9 Å². The van der Waals surface area contributed by atoms with Crippen molar-refractivity contribution < 1.29 is 9.53 Å². The molecule has 0 saturated carbocycles. The van der Waals surface area contributed by atoms with Crippen molar-refractivity contribution >= 4 is 23.3 Å². The van der Waals surface area contributed by atoms with Crippen LogP contribution in [0.4, 0.5) is 4.79 Å². The number of nitrogens with two attached hydrogens (primary N) is 1. The van der Waals surface area contributed by atoms with Crippen molar-refractivity contribution in [1.29, 1.82) is 0 Å². The van der Waals surface area contributed by atoms with Gasteiger partial charge in [0.1, 0.15) is 5.60 Å². The lowest BCUT2D eigenvalue weighted by Gasteiger charge is -2.33. The van der Waals surface area contributed by atoms with Crippen LogP contribution in [0.1, 0.15) is 40.0 Å². The molecule has 1 rings (SSSR count). The number of carbonyl (C=O) groups excluding carboxylic acids is 1. The lowest BCUT2D eigenvalue weighted by molar-refractivity contribution is 0.0186. The molecule has 4 nitrogen and oxygen atoms in total. The largest absolute Gasteiger partial charge is 0.444 e. The molecule has 1 aliphatic heterocycles. The minimum absolute atomic E-state index is 0.216. The molecule has 0 aromatic heterocycles. The van der Waals surface area contributed by atoms with Gasteiger partial charge in [-0.3, -0.25) is 0 Å². The standard InChI is InChI=1S/C12H22N2O2S/c1-12(2,3)16-11(15)14-6-4-9(5-7-14)8-10(13)17/h9H,4-8H2,1-3H3,(H2,13,17). The zero-order valence-corrected chi connectivity index (χ0v) is 11.7. The highest BCUT2D eigenvalue weighted by Gasteiger charge is 2.26. The Balaban J connectivity index is 2.36. The molecular weight excluding hydrogens is 236 g/mol. The van der Waals surface area contributed by atoms with Crippen LogP contribution < -0.4 is 5.73 Å². The van der Waals surface area contributed by atoms with E-state index in [-0.39, 0.29) is 6.09 Å². The van der Waals surface area contributed by atoms with Gasteiger partial charge in [0.15, 0.2) is 0 Å². The predicted molar refractivity (Wildman–Crippen MR) is 71.9 cm³/mol. The third-order valence-electron chi connectivity index (χ3n) is 2.76. The summed E-state index contributed by atoms with van der Waals surface area (Å²) in [4.78, 5) is 14.1. The van der Waals surface area contributed by atoms with E-state index in [0.717, 1.165) is 32.4 Å². The second-order valence-corrected chi connectivity index (χ2v) is 6.11. The number of amides is 1. The maximum atomic E-state index is 11.8. The van der Waals surface area contributed by atoms with Gasteiger partial charge >= 0.3 is 6.09 Å². The van der Waals surface area contributed by atoms with Gasteiger partial charge in [-0.1, -0.05) is 12.2 Å². The van der Waals surface area contributed by atoms with Crippen molar-refractivity contribution in [3.8, 4) is 0 Å². The Bertz CT molecular complexity index is 291. The number of piperidine rings is 1. The fourth-order valence-electron chi connectivity index (χ4n) is 1.93. The molecule has 1 aliphatic rings. The van der Waals surface area contributed by atoms with E-state index in [1.54, 1.807) is 4.90 Å². The van der Waals surface area contributed by atoms with Gasteiger partial charge in [-0.05, 0) is 39.5 Å². The minimum Gasteiger partial charge on any atom is -0.444 e. The Morgan fingerprint density at radius 2 is 1.94 bits per heavy atom. The van der Waals surface area contributed by atoms with Gasteiger partial charge < -0.3 is 15.4 Å². The molecule has 0 aromatic rings. The minimum atomic E-state index is -0.424.